The highest BCUT2D eigenvalue weighted by molar-refractivity contribution is 6.13. The first kappa shape index (κ1) is 11.3. The van der Waals surface area contributed by atoms with E-state index in [1.165, 1.54) is 25.5 Å². The number of nitrogens with one attached hydrogen (secondary N) is 1. The number of hydrogen-bond acceptors (Lipinski definition) is 4. The van der Waals surface area contributed by atoms with Crippen LogP contribution >= 0.6 is 0 Å². The van der Waals surface area contributed by atoms with Crippen molar-refractivity contribution in [1.82, 2.24) is 4.90 Å². The summed E-state index contributed by atoms with van der Waals surface area (Å²) in [5, 5.41) is 7.08. The Morgan fingerprint density at radius 2 is 2.00 bits per heavy atom. The smallest absolute Gasteiger partial charge is 0.179 e. The third kappa shape index (κ3) is 2.16. The summed E-state index contributed by atoms with van der Waals surface area (Å²) < 4.78 is 0. The fourth-order valence-corrected chi connectivity index (χ4v) is 2.98. The number of hydrogen-bond donors (Lipinski definition) is 2. The second kappa shape index (κ2) is 4.78. The van der Waals surface area contributed by atoms with Crippen LogP contribution in [0.4, 0.5) is 0 Å². The van der Waals surface area contributed by atoms with Gasteiger partial charge in [-0.15, -0.1) is 0 Å². The van der Waals surface area contributed by atoms with Crippen LogP contribution in [-0.2, 0) is 4.79 Å². The van der Waals surface area contributed by atoms with Crippen LogP contribution in [0, 0.1) is 17.2 Å². The maximum atomic E-state index is 11.7. The monoisotopic (exact) mass is 221 g/mol. The summed E-state index contributed by atoms with van der Waals surface area (Å²) in [5.41, 5.74) is 5.61. The van der Waals surface area contributed by atoms with Gasteiger partial charge in [-0.05, 0) is 24.7 Å². The molecule has 1 saturated heterocycles. The molecule has 0 aromatic carbocycles. The lowest BCUT2D eigenvalue weighted by Gasteiger charge is -2.15. The second-order valence-electron chi connectivity index (χ2n) is 4.83. The van der Waals surface area contributed by atoms with Gasteiger partial charge in [-0.25, -0.2) is 0 Å². The predicted molar refractivity (Wildman–Crippen MR) is 63.3 cm³/mol. The largest absolute Gasteiger partial charge is 0.404 e. The van der Waals surface area contributed by atoms with Crippen molar-refractivity contribution >= 4 is 12.0 Å². The van der Waals surface area contributed by atoms with E-state index < -0.39 is 0 Å². The van der Waals surface area contributed by atoms with Crippen molar-refractivity contribution in [2.45, 2.75) is 19.3 Å². The van der Waals surface area contributed by atoms with Crippen molar-refractivity contribution in [2.75, 3.05) is 19.6 Å². The van der Waals surface area contributed by atoms with Crippen LogP contribution in [0.1, 0.15) is 19.3 Å². The quantitative estimate of drug-likeness (QED) is 0.544. The molecule has 0 unspecified atom stereocenters. The molecule has 4 nitrogen and oxygen atoms in total. The first-order valence-corrected chi connectivity index (χ1v) is 5.92. The first-order chi connectivity index (χ1) is 7.74. The second-order valence-corrected chi connectivity index (χ2v) is 4.83. The van der Waals surface area contributed by atoms with Gasteiger partial charge < -0.3 is 11.1 Å². The highest BCUT2D eigenvalue weighted by atomic mass is 16.1. The molecule has 0 bridgehead atoms. The average Bonchev–Trinajstić information content (AvgIpc) is 2.79. The van der Waals surface area contributed by atoms with E-state index in [9.17, 15) is 4.79 Å². The number of carbonyl (C=O) groups is 1. The fraction of sp³-hybridized carbons (Fsp3) is 0.667. The van der Waals surface area contributed by atoms with Crippen molar-refractivity contribution in [3.05, 3.63) is 11.8 Å². The van der Waals surface area contributed by atoms with Crippen molar-refractivity contribution in [3.8, 4) is 0 Å². The molecule has 0 radical (unpaired) electrons. The van der Waals surface area contributed by atoms with E-state index >= 15 is 0 Å². The zero-order chi connectivity index (χ0) is 11.5. The molecular formula is C12H19N3O. The van der Waals surface area contributed by atoms with Crippen molar-refractivity contribution in [3.63, 3.8) is 0 Å². The van der Waals surface area contributed by atoms with E-state index in [0.717, 1.165) is 31.1 Å². The van der Waals surface area contributed by atoms with Crippen molar-refractivity contribution < 1.29 is 4.79 Å². The summed E-state index contributed by atoms with van der Waals surface area (Å²) in [5.74, 6) is 1.58. The number of fused-ring (bicyclic) bond motifs is 1. The van der Waals surface area contributed by atoms with Gasteiger partial charge in [0.2, 0.25) is 0 Å². The topological polar surface area (TPSA) is 70.2 Å². The average molecular weight is 221 g/mol. The number of ketones is 1. The molecule has 88 valence electrons. The van der Waals surface area contributed by atoms with Crippen LogP contribution in [0.25, 0.3) is 0 Å². The summed E-state index contributed by atoms with van der Waals surface area (Å²) in [6, 6.07) is 0. The molecule has 2 rings (SSSR count). The van der Waals surface area contributed by atoms with Gasteiger partial charge in [0.1, 0.15) is 0 Å². The summed E-state index contributed by atoms with van der Waals surface area (Å²) >= 11 is 0. The Morgan fingerprint density at radius 3 is 2.50 bits per heavy atom. The lowest BCUT2D eigenvalue weighted by molar-refractivity contribution is -0.116. The number of carbonyl (C=O) groups excluding carboxylic acids is 1. The lowest BCUT2D eigenvalue weighted by Crippen LogP contribution is -2.29. The normalized spacial score (nSPS) is 30.4. The van der Waals surface area contributed by atoms with Gasteiger partial charge in [0.25, 0.3) is 0 Å². The number of likely N-dealkylation sites (tertiary alicyclic amines) is 1. The van der Waals surface area contributed by atoms with Crippen LogP contribution in [0.2, 0.25) is 0 Å². The van der Waals surface area contributed by atoms with E-state index in [2.05, 4.69) is 4.90 Å². The third-order valence-corrected chi connectivity index (χ3v) is 3.83. The van der Waals surface area contributed by atoms with Crippen LogP contribution in [0.15, 0.2) is 11.8 Å². The van der Waals surface area contributed by atoms with Crippen LogP contribution in [0.5, 0.6) is 0 Å². The van der Waals surface area contributed by atoms with Crippen LogP contribution in [0.3, 0.4) is 0 Å². The molecule has 0 aromatic rings. The van der Waals surface area contributed by atoms with E-state index in [1.807, 2.05) is 0 Å². The van der Waals surface area contributed by atoms with E-state index in [-0.39, 0.29) is 5.78 Å². The maximum Gasteiger partial charge on any atom is 0.179 e. The Bertz CT molecular complexity index is 312. The van der Waals surface area contributed by atoms with Gasteiger partial charge >= 0.3 is 0 Å². The zero-order valence-electron chi connectivity index (χ0n) is 9.48. The highest BCUT2D eigenvalue weighted by Crippen LogP contribution is 2.37. The summed E-state index contributed by atoms with van der Waals surface area (Å²) in [4.78, 5) is 14.0. The number of rotatable bonds is 4. The van der Waals surface area contributed by atoms with Gasteiger partial charge in [0.15, 0.2) is 5.78 Å². The molecule has 3 N–H and O–H groups in total. The lowest BCUT2D eigenvalue weighted by atomic mass is 10.0. The van der Waals surface area contributed by atoms with Crippen molar-refractivity contribution in [2.24, 2.45) is 17.6 Å². The molecule has 0 amide bonds. The van der Waals surface area contributed by atoms with Crippen LogP contribution in [-0.4, -0.2) is 36.5 Å². The standard InChI is InChI=1S/C12H19N3O/c13-4-11(5-14)12(16)8-15-6-9-2-1-3-10(9)7-15/h4-5,9-10,13H,1-3,6-8,14H2/b11-5+,13-4?/t9-,10+. The Labute approximate surface area is 96.0 Å². The third-order valence-electron chi connectivity index (χ3n) is 3.83. The van der Waals surface area contributed by atoms with E-state index in [0.29, 0.717) is 12.1 Å². The highest BCUT2D eigenvalue weighted by Gasteiger charge is 2.36. The Balaban J connectivity index is 1.87. The summed E-state index contributed by atoms with van der Waals surface area (Å²) in [7, 11) is 0. The molecule has 0 aromatic heterocycles. The number of nitrogens with zero attached hydrogens (tertiary/aromatic N) is 1. The van der Waals surface area contributed by atoms with Gasteiger partial charge in [-0.3, -0.25) is 9.69 Å². The van der Waals surface area contributed by atoms with Gasteiger partial charge in [-0.1, -0.05) is 6.42 Å². The van der Waals surface area contributed by atoms with Crippen molar-refractivity contribution in [1.29, 1.82) is 5.41 Å². The molecule has 16 heavy (non-hydrogen) atoms. The molecule has 0 spiro atoms. The molecule has 2 fully saturated rings. The molecule has 1 saturated carbocycles. The molecular weight excluding hydrogens is 202 g/mol. The van der Waals surface area contributed by atoms with E-state index in [4.69, 9.17) is 11.1 Å². The number of nitrogens with two attached hydrogens (primary N) is 1. The fourth-order valence-electron chi connectivity index (χ4n) is 2.98. The van der Waals surface area contributed by atoms with Crippen LogP contribution < -0.4 is 5.73 Å². The minimum atomic E-state index is -0.0301. The minimum absolute atomic E-state index is 0.0301. The molecule has 1 aliphatic heterocycles. The first-order valence-electron chi connectivity index (χ1n) is 5.92. The summed E-state index contributed by atoms with van der Waals surface area (Å²) in [6.07, 6.45) is 6.26. The molecule has 4 heteroatoms. The molecule has 1 heterocycles. The molecule has 2 atom stereocenters. The van der Waals surface area contributed by atoms with Gasteiger partial charge in [0, 0.05) is 25.5 Å². The van der Waals surface area contributed by atoms with E-state index in [1.54, 1.807) is 0 Å². The van der Waals surface area contributed by atoms with Gasteiger partial charge in [-0.2, -0.15) is 0 Å². The molecule has 1 aliphatic carbocycles. The number of Topliss-reactive ketones (excluding diaryl/α,β-unsaturated/α-hetero) is 1. The van der Waals surface area contributed by atoms with Gasteiger partial charge in [0.05, 0.1) is 12.1 Å². The minimum Gasteiger partial charge on any atom is -0.404 e. The Hall–Kier alpha value is -1.16. The Kier molecular flexibility index (Phi) is 3.39. The SMILES string of the molecule is N=C/C(=C\N)C(=O)CN1C[C@H]2CCC[C@H]2C1. The predicted octanol–water partition coefficient (Wildman–Crippen LogP) is 0.780. The zero-order valence-corrected chi connectivity index (χ0v) is 9.48. The Morgan fingerprint density at radius 1 is 1.38 bits per heavy atom. The maximum absolute atomic E-state index is 11.7. The molecule has 2 aliphatic rings. The summed E-state index contributed by atoms with van der Waals surface area (Å²) in [6.45, 7) is 2.52.